The first-order valence-electron chi connectivity index (χ1n) is 7.68. The Labute approximate surface area is 153 Å². The third kappa shape index (κ3) is 2.52. The summed E-state index contributed by atoms with van der Waals surface area (Å²) in [5.41, 5.74) is -8.94. The van der Waals surface area contributed by atoms with Gasteiger partial charge in [0.2, 0.25) is 16.9 Å². The van der Waals surface area contributed by atoms with Crippen LogP contribution in [0, 0.1) is 0 Å². The van der Waals surface area contributed by atoms with Crippen LogP contribution in [-0.2, 0) is 23.9 Å². The van der Waals surface area contributed by atoms with E-state index in [2.05, 4.69) is 0 Å². The topological polar surface area (TPSA) is 214 Å². The Kier molecular flexibility index (Phi) is 5.68. The monoisotopic (exact) mass is 390 g/mol. The van der Waals surface area contributed by atoms with E-state index in [1.54, 1.807) is 5.32 Å². The molecule has 1 unspecified atom stereocenters. The fraction of sp³-hybridized carbons (Fsp3) is 0.667. The highest BCUT2D eigenvalue weighted by Crippen LogP contribution is 2.50. The molecule has 0 aromatic carbocycles. The number of nitrogens with two attached hydrogens (primary N) is 1. The third-order valence-corrected chi connectivity index (χ3v) is 4.89. The average Bonchev–Trinajstić information content (AvgIpc) is 2.53. The highest BCUT2D eigenvalue weighted by Gasteiger charge is 2.84. The lowest BCUT2D eigenvalue weighted by Gasteiger charge is -2.61. The number of rotatable bonds is 6. The fourth-order valence-electron chi connectivity index (χ4n) is 3.54. The Balaban J connectivity index is 4.18. The van der Waals surface area contributed by atoms with E-state index in [0.29, 0.717) is 20.8 Å². The van der Waals surface area contributed by atoms with Crippen molar-refractivity contribution in [1.82, 2.24) is 5.32 Å². The molecule has 1 saturated heterocycles. The summed E-state index contributed by atoms with van der Waals surface area (Å²) < 4.78 is 5.13. The summed E-state index contributed by atoms with van der Waals surface area (Å²) in [7, 11) is 0. The molecule has 0 radical (unpaired) electrons. The predicted octanol–water partition coefficient (Wildman–Crippen LogP) is -3.71. The van der Waals surface area contributed by atoms with Gasteiger partial charge in [0.25, 0.3) is 0 Å². The maximum Gasteiger partial charge on any atom is 0.314 e. The Bertz CT molecular complexity index is 723. The van der Waals surface area contributed by atoms with Crippen molar-refractivity contribution in [3.8, 4) is 0 Å². The van der Waals surface area contributed by atoms with Crippen molar-refractivity contribution < 1.29 is 49.1 Å². The number of ketones is 4. The minimum absolute atomic E-state index is 0.622. The number of urea groups is 1. The Morgan fingerprint density at radius 2 is 1.33 bits per heavy atom. The summed E-state index contributed by atoms with van der Waals surface area (Å²) in [5, 5.41) is 44.3. The number of primary amides is 1. The molecule has 1 aliphatic heterocycles. The molecule has 27 heavy (non-hydrogen) atoms. The van der Waals surface area contributed by atoms with Gasteiger partial charge in [-0.25, -0.2) is 4.79 Å². The zero-order chi connectivity index (χ0) is 21.6. The van der Waals surface area contributed by atoms with Gasteiger partial charge in [-0.3, -0.25) is 19.2 Å². The first-order valence-corrected chi connectivity index (χ1v) is 7.68. The summed E-state index contributed by atoms with van der Waals surface area (Å²) in [5.74, 6) is -5.71. The van der Waals surface area contributed by atoms with Crippen LogP contribution in [0.4, 0.5) is 4.79 Å². The molecule has 1 aliphatic rings. The molecule has 7 N–H and O–H groups in total. The molecule has 152 valence electrons. The molecule has 0 saturated carbocycles. The van der Waals surface area contributed by atoms with Gasteiger partial charge in [0, 0.05) is 0 Å². The summed E-state index contributed by atoms with van der Waals surface area (Å²) in [4.78, 5) is 60.7. The van der Waals surface area contributed by atoms with E-state index in [1.165, 1.54) is 0 Å². The zero-order valence-electron chi connectivity index (χ0n) is 15.1. The molecule has 2 amide bonds. The summed E-state index contributed by atoms with van der Waals surface area (Å²) >= 11 is 0. The normalized spacial score (nSPS) is 38.7. The zero-order valence-corrected chi connectivity index (χ0v) is 15.1. The van der Waals surface area contributed by atoms with Gasteiger partial charge in [0.1, 0.15) is 6.10 Å². The van der Waals surface area contributed by atoms with Crippen LogP contribution in [0.3, 0.4) is 0 Å². The number of Topliss-reactive ketones (excluding diaryl/α,β-unsaturated/α-hetero) is 4. The van der Waals surface area contributed by atoms with E-state index < -0.39 is 64.4 Å². The molecule has 12 nitrogen and oxygen atoms in total. The molecule has 0 spiro atoms. The number of nitrogens with one attached hydrogen (secondary N) is 1. The van der Waals surface area contributed by atoms with Crippen molar-refractivity contribution in [1.29, 1.82) is 0 Å². The molecule has 1 heterocycles. The van der Waals surface area contributed by atoms with Gasteiger partial charge in [-0.15, -0.1) is 0 Å². The number of hydrogen-bond acceptors (Lipinski definition) is 10. The molecule has 0 aliphatic carbocycles. The Morgan fingerprint density at radius 1 is 0.889 bits per heavy atom. The summed E-state index contributed by atoms with van der Waals surface area (Å²) in [6.45, 7) is 1.41. The van der Waals surface area contributed by atoms with Crippen molar-refractivity contribution in [2.45, 2.75) is 56.3 Å². The van der Waals surface area contributed by atoms with Crippen molar-refractivity contribution in [3.63, 3.8) is 0 Å². The van der Waals surface area contributed by atoms with Crippen molar-refractivity contribution >= 4 is 29.2 Å². The lowest BCUT2D eigenvalue weighted by Crippen LogP contribution is -2.93. The van der Waals surface area contributed by atoms with Gasteiger partial charge in [-0.2, -0.15) is 0 Å². The molecule has 0 aromatic rings. The number of amides is 2. The van der Waals surface area contributed by atoms with Gasteiger partial charge >= 0.3 is 6.03 Å². The van der Waals surface area contributed by atoms with Gasteiger partial charge in [0.15, 0.2) is 28.7 Å². The number of carbonyl (C=O) groups excluding carboxylic acids is 5. The van der Waals surface area contributed by atoms with Gasteiger partial charge < -0.3 is 36.2 Å². The maximum absolute atomic E-state index is 12.4. The van der Waals surface area contributed by atoms with Crippen molar-refractivity contribution in [2.75, 3.05) is 6.61 Å². The first kappa shape index (κ1) is 22.8. The minimum Gasteiger partial charge on any atom is -0.394 e. The van der Waals surface area contributed by atoms with Crippen LogP contribution < -0.4 is 11.1 Å². The second-order valence-electron chi connectivity index (χ2n) is 6.37. The highest BCUT2D eigenvalue weighted by molar-refractivity contribution is 6.10. The molecule has 0 bridgehead atoms. The van der Waals surface area contributed by atoms with E-state index in [1.807, 2.05) is 0 Å². The van der Waals surface area contributed by atoms with E-state index in [9.17, 15) is 44.4 Å². The standard InChI is InChI=1S/C15H22N2O10/c1-6(19)12(24)10(5-18)27-15(9(4)22,17-11(16)23)14(26,8(3)21)13(12,25)7(2)20/h10,18,24-26H,5H2,1-4H3,(H3,16,17,23)/t10-,12-,13+,14-,15?/m1/s1. The number of carbonyl (C=O) groups is 5. The van der Waals surface area contributed by atoms with Crippen LogP contribution in [0.25, 0.3) is 0 Å². The predicted molar refractivity (Wildman–Crippen MR) is 85.0 cm³/mol. The van der Waals surface area contributed by atoms with Crippen LogP contribution in [0.2, 0.25) is 0 Å². The maximum atomic E-state index is 12.4. The number of hydrogen-bond donors (Lipinski definition) is 6. The lowest BCUT2D eigenvalue weighted by atomic mass is 9.57. The van der Waals surface area contributed by atoms with Crippen LogP contribution in [0.5, 0.6) is 0 Å². The van der Waals surface area contributed by atoms with E-state index in [0.717, 1.165) is 6.92 Å². The van der Waals surface area contributed by atoms with Crippen LogP contribution in [-0.4, -0.2) is 84.8 Å². The number of ether oxygens (including phenoxy) is 1. The van der Waals surface area contributed by atoms with Crippen molar-refractivity contribution in [2.24, 2.45) is 5.73 Å². The molecular weight excluding hydrogens is 368 g/mol. The SMILES string of the molecule is CC(=O)C1(NC(N)=O)O[C@H](CO)[C@](O)(C(C)=O)[C@@](O)(C(C)=O)[C@]1(O)C(C)=O. The van der Waals surface area contributed by atoms with Crippen molar-refractivity contribution in [3.05, 3.63) is 0 Å². The quantitative estimate of drug-likeness (QED) is 0.261. The molecular formula is C15H22N2O10. The number of aliphatic hydroxyl groups excluding tert-OH is 1. The first-order chi connectivity index (χ1) is 12.1. The highest BCUT2D eigenvalue weighted by atomic mass is 16.6. The molecule has 12 heteroatoms. The smallest absolute Gasteiger partial charge is 0.314 e. The van der Waals surface area contributed by atoms with Gasteiger partial charge in [-0.1, -0.05) is 0 Å². The molecule has 1 rings (SSSR count). The Morgan fingerprint density at radius 3 is 1.59 bits per heavy atom. The molecule has 5 atom stereocenters. The van der Waals surface area contributed by atoms with E-state index in [-0.39, 0.29) is 0 Å². The van der Waals surface area contributed by atoms with Gasteiger partial charge in [0.05, 0.1) is 6.61 Å². The fourth-order valence-corrected chi connectivity index (χ4v) is 3.54. The average molecular weight is 390 g/mol. The second kappa shape index (κ2) is 6.73. The summed E-state index contributed by atoms with van der Waals surface area (Å²) in [6, 6.07) is -1.51. The summed E-state index contributed by atoms with van der Waals surface area (Å²) in [6.07, 6.45) is -2.21. The Hall–Kier alpha value is -2.25. The number of aliphatic hydroxyl groups is 4. The van der Waals surface area contributed by atoms with Crippen LogP contribution in [0.15, 0.2) is 0 Å². The molecule has 1 fully saturated rings. The van der Waals surface area contributed by atoms with Crippen LogP contribution in [0.1, 0.15) is 27.7 Å². The largest absolute Gasteiger partial charge is 0.394 e. The molecule has 0 aromatic heterocycles. The lowest BCUT2D eigenvalue weighted by molar-refractivity contribution is -0.346. The van der Waals surface area contributed by atoms with Gasteiger partial charge in [-0.05, 0) is 27.7 Å². The van der Waals surface area contributed by atoms with E-state index in [4.69, 9.17) is 10.5 Å². The van der Waals surface area contributed by atoms with E-state index >= 15 is 0 Å². The second-order valence-corrected chi connectivity index (χ2v) is 6.37. The minimum atomic E-state index is -3.70. The van der Waals surface area contributed by atoms with Crippen LogP contribution >= 0.6 is 0 Å². The third-order valence-electron chi connectivity index (χ3n) is 4.89.